The number of benzene rings is 2. The van der Waals surface area contributed by atoms with Gasteiger partial charge in [0.2, 0.25) is 11.8 Å². The predicted molar refractivity (Wildman–Crippen MR) is 140 cm³/mol. The van der Waals surface area contributed by atoms with E-state index in [1.54, 1.807) is 6.07 Å². The number of anilines is 1. The Morgan fingerprint density at radius 1 is 0.971 bits per heavy atom. The summed E-state index contributed by atoms with van der Waals surface area (Å²) in [7, 11) is 0. The molecule has 3 rings (SSSR count). The van der Waals surface area contributed by atoms with Gasteiger partial charge in [-0.25, -0.2) is 4.98 Å². The smallest absolute Gasteiger partial charge is 0.252 e. The van der Waals surface area contributed by atoms with Crippen LogP contribution < -0.4 is 16.0 Å². The van der Waals surface area contributed by atoms with Crippen LogP contribution in [0.2, 0.25) is 0 Å². The number of nitrogens with one attached hydrogen (secondary N) is 3. The molecule has 2 atom stereocenters. The Morgan fingerprint density at radius 3 is 2.29 bits per heavy atom. The van der Waals surface area contributed by atoms with Gasteiger partial charge in [-0.05, 0) is 43.4 Å². The van der Waals surface area contributed by atoms with E-state index in [2.05, 4.69) is 20.9 Å². The van der Waals surface area contributed by atoms with Gasteiger partial charge in [0.05, 0.1) is 11.7 Å². The first-order valence-corrected chi connectivity index (χ1v) is 12.5. The Kier molecular flexibility index (Phi) is 8.76. The number of aryl methyl sites for hydroxylation is 1. The fourth-order valence-electron chi connectivity index (χ4n) is 3.75. The van der Waals surface area contributed by atoms with E-state index in [9.17, 15) is 14.4 Å². The lowest BCUT2D eigenvalue weighted by Crippen LogP contribution is -2.44. The summed E-state index contributed by atoms with van der Waals surface area (Å²) in [4.78, 5) is 41.7. The molecule has 0 bridgehead atoms. The van der Waals surface area contributed by atoms with Crippen molar-refractivity contribution in [3.8, 4) is 11.3 Å². The zero-order valence-electron chi connectivity index (χ0n) is 20.7. The maximum absolute atomic E-state index is 13.1. The van der Waals surface area contributed by atoms with Crippen molar-refractivity contribution >= 4 is 34.2 Å². The molecule has 1 aromatic heterocycles. The van der Waals surface area contributed by atoms with Crippen molar-refractivity contribution in [1.82, 2.24) is 15.6 Å². The van der Waals surface area contributed by atoms with Crippen LogP contribution in [0.15, 0.2) is 53.9 Å². The lowest BCUT2D eigenvalue weighted by Gasteiger charge is -2.20. The van der Waals surface area contributed by atoms with Crippen LogP contribution in [0.25, 0.3) is 11.3 Å². The van der Waals surface area contributed by atoms with Gasteiger partial charge in [0.1, 0.15) is 6.04 Å². The minimum absolute atomic E-state index is 0.0766. The van der Waals surface area contributed by atoms with Crippen LogP contribution in [0.1, 0.15) is 61.6 Å². The second kappa shape index (κ2) is 11.8. The number of hydrogen-bond acceptors (Lipinski definition) is 5. The molecule has 0 spiro atoms. The summed E-state index contributed by atoms with van der Waals surface area (Å²) in [5, 5.41) is 11.0. The lowest BCUT2D eigenvalue weighted by atomic mass is 10.0. The third-order valence-corrected chi connectivity index (χ3v) is 6.34. The number of carbonyl (C=O) groups is 3. The van der Waals surface area contributed by atoms with E-state index in [1.165, 1.54) is 18.3 Å². The van der Waals surface area contributed by atoms with Gasteiger partial charge in [-0.3, -0.25) is 14.4 Å². The molecule has 184 valence electrons. The molecule has 2 aromatic carbocycles. The van der Waals surface area contributed by atoms with Crippen molar-refractivity contribution in [2.24, 2.45) is 5.92 Å². The summed E-state index contributed by atoms with van der Waals surface area (Å²) in [6, 6.07) is 14.3. The number of rotatable bonds is 9. The number of nitrogens with zero attached hydrogens (tertiary/aromatic N) is 1. The van der Waals surface area contributed by atoms with Gasteiger partial charge in [-0.2, -0.15) is 0 Å². The Hall–Kier alpha value is -3.52. The van der Waals surface area contributed by atoms with E-state index in [1.807, 2.05) is 75.5 Å². The van der Waals surface area contributed by atoms with E-state index < -0.39 is 6.04 Å². The molecule has 1 heterocycles. The summed E-state index contributed by atoms with van der Waals surface area (Å²) in [6.07, 6.45) is 0.510. The summed E-state index contributed by atoms with van der Waals surface area (Å²) in [5.41, 5.74) is 4.06. The van der Waals surface area contributed by atoms with Crippen LogP contribution >= 0.6 is 11.3 Å². The summed E-state index contributed by atoms with van der Waals surface area (Å²) in [6.45, 7) is 9.32. The molecule has 35 heavy (non-hydrogen) atoms. The largest absolute Gasteiger partial charge is 0.350 e. The average Bonchev–Trinajstić information content (AvgIpc) is 3.26. The molecule has 0 fully saturated rings. The number of hydrogen-bond donors (Lipinski definition) is 3. The second-order valence-electron chi connectivity index (χ2n) is 9.04. The van der Waals surface area contributed by atoms with E-state index >= 15 is 0 Å². The highest BCUT2D eigenvalue weighted by atomic mass is 32.1. The van der Waals surface area contributed by atoms with Crippen LogP contribution in [-0.4, -0.2) is 28.7 Å². The molecule has 7 nitrogen and oxygen atoms in total. The SMILES string of the molecule is CC(=O)NC(C)c1ccc(-c2csc(NC(=O)C(CC(C)C)NC(=O)c3ccccc3C)n2)cc1. The van der Waals surface area contributed by atoms with Crippen molar-refractivity contribution in [2.45, 2.75) is 53.1 Å². The monoisotopic (exact) mass is 492 g/mol. The highest BCUT2D eigenvalue weighted by Crippen LogP contribution is 2.26. The van der Waals surface area contributed by atoms with Crippen molar-refractivity contribution in [1.29, 1.82) is 0 Å². The zero-order chi connectivity index (χ0) is 25.5. The van der Waals surface area contributed by atoms with Crippen LogP contribution in [-0.2, 0) is 9.59 Å². The molecule has 0 aliphatic heterocycles. The van der Waals surface area contributed by atoms with Crippen molar-refractivity contribution in [3.05, 3.63) is 70.6 Å². The van der Waals surface area contributed by atoms with E-state index in [0.29, 0.717) is 17.1 Å². The first-order valence-electron chi connectivity index (χ1n) is 11.6. The van der Waals surface area contributed by atoms with E-state index in [0.717, 1.165) is 22.4 Å². The van der Waals surface area contributed by atoms with Gasteiger partial charge in [0.15, 0.2) is 5.13 Å². The second-order valence-corrected chi connectivity index (χ2v) is 9.90. The molecule has 0 radical (unpaired) electrons. The summed E-state index contributed by atoms with van der Waals surface area (Å²) >= 11 is 1.33. The van der Waals surface area contributed by atoms with Crippen molar-refractivity contribution in [2.75, 3.05) is 5.32 Å². The Morgan fingerprint density at radius 2 is 1.66 bits per heavy atom. The topological polar surface area (TPSA) is 100 Å². The third kappa shape index (κ3) is 7.23. The quantitative estimate of drug-likeness (QED) is 0.387. The summed E-state index contributed by atoms with van der Waals surface area (Å²) in [5.74, 6) is -0.418. The van der Waals surface area contributed by atoms with Gasteiger partial charge in [0.25, 0.3) is 5.91 Å². The highest BCUT2D eigenvalue weighted by Gasteiger charge is 2.24. The molecule has 3 aromatic rings. The number of carbonyl (C=O) groups excluding carboxylic acids is 3. The van der Waals surface area contributed by atoms with Crippen molar-refractivity contribution in [3.63, 3.8) is 0 Å². The van der Waals surface area contributed by atoms with Crippen LogP contribution in [0.3, 0.4) is 0 Å². The Balaban J connectivity index is 1.69. The molecule has 3 amide bonds. The first-order chi connectivity index (χ1) is 16.6. The normalized spacial score (nSPS) is 12.6. The van der Waals surface area contributed by atoms with Crippen LogP contribution in [0.5, 0.6) is 0 Å². The van der Waals surface area contributed by atoms with Crippen LogP contribution in [0, 0.1) is 12.8 Å². The minimum Gasteiger partial charge on any atom is -0.350 e. The van der Waals surface area contributed by atoms with Gasteiger partial charge in [0, 0.05) is 23.4 Å². The zero-order valence-corrected chi connectivity index (χ0v) is 21.5. The standard InChI is InChI=1S/C27H32N4O3S/c1-16(2)14-23(29-25(33)22-9-7-6-8-17(22)3)26(34)31-27-30-24(15-35-27)21-12-10-20(11-13-21)18(4)28-19(5)32/h6-13,15-16,18,23H,14H2,1-5H3,(H,28,32)(H,29,33)(H,30,31,34). The predicted octanol–water partition coefficient (Wildman–Crippen LogP) is 5.10. The average molecular weight is 493 g/mol. The molecular formula is C27H32N4O3S. The molecule has 0 aliphatic rings. The molecule has 0 saturated heterocycles. The fraction of sp³-hybridized carbons (Fsp3) is 0.333. The number of aromatic nitrogens is 1. The first kappa shape index (κ1) is 26.1. The number of amides is 3. The lowest BCUT2D eigenvalue weighted by molar-refractivity contribution is -0.120. The van der Waals surface area contributed by atoms with E-state index in [4.69, 9.17) is 0 Å². The van der Waals surface area contributed by atoms with E-state index in [-0.39, 0.29) is 29.7 Å². The maximum atomic E-state index is 13.1. The molecule has 8 heteroatoms. The molecule has 0 saturated carbocycles. The molecule has 0 aliphatic carbocycles. The Bertz CT molecular complexity index is 1190. The highest BCUT2D eigenvalue weighted by molar-refractivity contribution is 7.14. The van der Waals surface area contributed by atoms with Crippen LogP contribution in [0.4, 0.5) is 5.13 Å². The van der Waals surface area contributed by atoms with Gasteiger partial charge >= 0.3 is 0 Å². The molecular weight excluding hydrogens is 460 g/mol. The number of thiazole rings is 1. The summed E-state index contributed by atoms with van der Waals surface area (Å²) < 4.78 is 0. The van der Waals surface area contributed by atoms with Crippen molar-refractivity contribution < 1.29 is 14.4 Å². The van der Waals surface area contributed by atoms with Gasteiger partial charge in [-0.1, -0.05) is 56.3 Å². The molecule has 2 unspecified atom stereocenters. The van der Waals surface area contributed by atoms with Gasteiger partial charge in [-0.15, -0.1) is 11.3 Å². The third-order valence-electron chi connectivity index (χ3n) is 5.58. The molecule has 3 N–H and O–H groups in total. The van der Waals surface area contributed by atoms with Gasteiger partial charge < -0.3 is 16.0 Å². The maximum Gasteiger partial charge on any atom is 0.252 e. The fourth-order valence-corrected chi connectivity index (χ4v) is 4.48. The minimum atomic E-state index is -0.677. The Labute approximate surface area is 210 Å².